The van der Waals surface area contributed by atoms with E-state index >= 15 is 0 Å². The highest BCUT2D eigenvalue weighted by atomic mass is 16.4. The summed E-state index contributed by atoms with van der Waals surface area (Å²) in [6.45, 7) is 1.97. The second-order valence-corrected chi connectivity index (χ2v) is 4.46. The molecule has 0 saturated carbocycles. The zero-order chi connectivity index (χ0) is 14.5. The van der Waals surface area contributed by atoms with Gasteiger partial charge in [0.25, 0.3) is 5.91 Å². The van der Waals surface area contributed by atoms with E-state index in [1.807, 2.05) is 6.92 Å². The molecule has 0 saturated heterocycles. The van der Waals surface area contributed by atoms with Crippen LogP contribution in [0, 0.1) is 0 Å². The van der Waals surface area contributed by atoms with E-state index in [1.165, 1.54) is 10.8 Å². The fraction of sp³-hybridized carbons (Fsp3) is 0.385. The molecule has 1 amide bonds. The van der Waals surface area contributed by atoms with Crippen molar-refractivity contribution in [1.82, 2.24) is 20.1 Å². The molecule has 0 aliphatic rings. The van der Waals surface area contributed by atoms with Crippen LogP contribution in [0.25, 0.3) is 5.52 Å². The van der Waals surface area contributed by atoms with Crippen molar-refractivity contribution in [3.8, 4) is 0 Å². The number of nitrogens with zero attached hydrogens (tertiary/aromatic N) is 3. The second-order valence-electron chi connectivity index (χ2n) is 4.46. The number of rotatable bonds is 6. The summed E-state index contributed by atoms with van der Waals surface area (Å²) in [4.78, 5) is 23.3. The fourth-order valence-electron chi connectivity index (χ4n) is 1.91. The molecule has 0 fully saturated rings. The van der Waals surface area contributed by atoms with Gasteiger partial charge >= 0.3 is 5.97 Å². The predicted molar refractivity (Wildman–Crippen MR) is 71.4 cm³/mol. The van der Waals surface area contributed by atoms with Crippen LogP contribution in [0.15, 0.2) is 24.5 Å². The molecule has 2 N–H and O–H groups in total. The third kappa shape index (κ3) is 2.93. The van der Waals surface area contributed by atoms with Gasteiger partial charge in [-0.05, 0) is 18.6 Å². The van der Waals surface area contributed by atoms with E-state index in [0.29, 0.717) is 17.5 Å². The average molecular weight is 276 g/mol. The fourth-order valence-corrected chi connectivity index (χ4v) is 1.91. The van der Waals surface area contributed by atoms with Gasteiger partial charge in [0, 0.05) is 6.20 Å². The average Bonchev–Trinajstić information content (AvgIpc) is 2.87. The Bertz CT molecular complexity index is 623. The van der Waals surface area contributed by atoms with E-state index in [9.17, 15) is 9.59 Å². The largest absolute Gasteiger partial charge is 0.480 e. The lowest BCUT2D eigenvalue weighted by Gasteiger charge is -2.13. The van der Waals surface area contributed by atoms with E-state index in [2.05, 4.69) is 15.5 Å². The van der Waals surface area contributed by atoms with Crippen molar-refractivity contribution < 1.29 is 14.7 Å². The monoisotopic (exact) mass is 276 g/mol. The summed E-state index contributed by atoms with van der Waals surface area (Å²) in [6, 6.07) is 2.52. The molecule has 7 nitrogen and oxygen atoms in total. The normalized spacial score (nSPS) is 12.2. The van der Waals surface area contributed by atoms with E-state index < -0.39 is 17.9 Å². The maximum Gasteiger partial charge on any atom is 0.326 e. The predicted octanol–water partition coefficient (Wildman–Crippen LogP) is 1.10. The van der Waals surface area contributed by atoms with E-state index in [4.69, 9.17) is 5.11 Å². The molecular weight excluding hydrogens is 260 g/mol. The number of nitrogens with one attached hydrogen (secondary N) is 1. The summed E-state index contributed by atoms with van der Waals surface area (Å²) in [7, 11) is 0. The number of carboxylic acid groups (broad SMARTS) is 1. The lowest BCUT2D eigenvalue weighted by molar-refractivity contribution is -0.139. The van der Waals surface area contributed by atoms with Crippen LogP contribution in [0.1, 0.15) is 36.5 Å². The summed E-state index contributed by atoms with van der Waals surface area (Å²) in [5.74, 6) is -1.47. The Hall–Kier alpha value is -2.44. The van der Waals surface area contributed by atoms with Gasteiger partial charge in [-0.15, -0.1) is 0 Å². The number of hydrogen-bond donors (Lipinski definition) is 2. The van der Waals surface area contributed by atoms with Crippen LogP contribution < -0.4 is 5.32 Å². The molecule has 1 atom stereocenters. The number of hydrogen-bond acceptors (Lipinski definition) is 4. The lowest BCUT2D eigenvalue weighted by atomic mass is 10.1. The summed E-state index contributed by atoms with van der Waals surface area (Å²) < 4.78 is 1.33. The number of aromatic nitrogens is 3. The van der Waals surface area contributed by atoms with Gasteiger partial charge in [0.15, 0.2) is 0 Å². The second kappa shape index (κ2) is 6.14. The van der Waals surface area contributed by atoms with Crippen LogP contribution in [-0.2, 0) is 4.79 Å². The maximum atomic E-state index is 12.1. The molecule has 106 valence electrons. The van der Waals surface area contributed by atoms with Gasteiger partial charge in [-0.3, -0.25) is 4.79 Å². The highest BCUT2D eigenvalue weighted by Gasteiger charge is 2.22. The molecule has 1 unspecified atom stereocenters. The molecular formula is C13H16N4O3. The quantitative estimate of drug-likeness (QED) is 0.823. The summed E-state index contributed by atoms with van der Waals surface area (Å²) in [5.41, 5.74) is 0.866. The standard InChI is InChI=1S/C13H16N4O3/c1-2-3-5-10(13(19)20)16-12(18)9-8-15-17-11(9)6-4-7-14-17/h4,6-8,10H,2-3,5H2,1H3,(H,16,18)(H,19,20). The van der Waals surface area contributed by atoms with E-state index in [-0.39, 0.29) is 0 Å². The van der Waals surface area contributed by atoms with Crippen molar-refractivity contribution in [2.75, 3.05) is 0 Å². The van der Waals surface area contributed by atoms with Gasteiger partial charge in [-0.25, -0.2) is 4.79 Å². The van der Waals surface area contributed by atoms with Crippen LogP contribution in [0.5, 0.6) is 0 Å². The minimum absolute atomic E-state index is 0.320. The van der Waals surface area contributed by atoms with Crippen LogP contribution in [0.4, 0.5) is 0 Å². The zero-order valence-corrected chi connectivity index (χ0v) is 11.1. The molecule has 0 bridgehead atoms. The first kappa shape index (κ1) is 14.0. The molecule has 0 aliphatic carbocycles. The van der Waals surface area contributed by atoms with Gasteiger partial charge in [0.2, 0.25) is 0 Å². The van der Waals surface area contributed by atoms with E-state index in [0.717, 1.165) is 12.8 Å². The van der Waals surface area contributed by atoms with Gasteiger partial charge in [0.1, 0.15) is 11.6 Å². The van der Waals surface area contributed by atoms with Crippen molar-refractivity contribution in [1.29, 1.82) is 0 Å². The molecule has 2 heterocycles. The van der Waals surface area contributed by atoms with Crippen LogP contribution >= 0.6 is 0 Å². The smallest absolute Gasteiger partial charge is 0.326 e. The Kier molecular flexibility index (Phi) is 4.29. The van der Waals surface area contributed by atoms with Gasteiger partial charge in [-0.1, -0.05) is 19.8 Å². The molecule has 2 aromatic rings. The van der Waals surface area contributed by atoms with Crippen LogP contribution in [0.3, 0.4) is 0 Å². The third-order valence-electron chi connectivity index (χ3n) is 3.00. The SMILES string of the molecule is CCCCC(NC(=O)c1cnn2ncccc12)C(=O)O. The number of aliphatic carboxylic acids is 1. The highest BCUT2D eigenvalue weighted by molar-refractivity contribution is 6.02. The molecule has 20 heavy (non-hydrogen) atoms. The molecule has 0 aromatic carbocycles. The van der Waals surface area contributed by atoms with Crippen molar-refractivity contribution >= 4 is 17.4 Å². The van der Waals surface area contributed by atoms with Gasteiger partial charge < -0.3 is 10.4 Å². The van der Waals surface area contributed by atoms with Crippen molar-refractivity contribution in [3.63, 3.8) is 0 Å². The molecule has 0 radical (unpaired) electrons. The zero-order valence-electron chi connectivity index (χ0n) is 11.1. The Balaban J connectivity index is 2.16. The number of fused-ring (bicyclic) bond motifs is 1. The Morgan fingerprint density at radius 3 is 2.95 bits per heavy atom. The molecule has 0 spiro atoms. The maximum absolute atomic E-state index is 12.1. The first-order valence-corrected chi connectivity index (χ1v) is 6.46. The lowest BCUT2D eigenvalue weighted by Crippen LogP contribution is -2.40. The summed E-state index contributed by atoms with van der Waals surface area (Å²) in [6.07, 6.45) is 4.97. The molecule has 0 aliphatic heterocycles. The van der Waals surface area contributed by atoms with Crippen LogP contribution in [-0.4, -0.2) is 37.9 Å². The van der Waals surface area contributed by atoms with E-state index in [1.54, 1.807) is 18.3 Å². The third-order valence-corrected chi connectivity index (χ3v) is 3.00. The summed E-state index contributed by atoms with van der Waals surface area (Å²) in [5, 5.41) is 19.5. The first-order valence-electron chi connectivity index (χ1n) is 6.46. The van der Waals surface area contributed by atoms with Crippen molar-refractivity contribution in [3.05, 3.63) is 30.1 Å². The van der Waals surface area contributed by atoms with Gasteiger partial charge in [0.05, 0.1) is 11.8 Å². The Labute approximate surface area is 115 Å². The topological polar surface area (TPSA) is 96.6 Å². The Morgan fingerprint density at radius 1 is 1.45 bits per heavy atom. The number of carbonyl (C=O) groups excluding carboxylic acids is 1. The van der Waals surface area contributed by atoms with Crippen molar-refractivity contribution in [2.24, 2.45) is 0 Å². The minimum Gasteiger partial charge on any atom is -0.480 e. The highest BCUT2D eigenvalue weighted by Crippen LogP contribution is 2.09. The number of amides is 1. The summed E-state index contributed by atoms with van der Waals surface area (Å²) >= 11 is 0. The number of unbranched alkanes of at least 4 members (excludes halogenated alkanes) is 1. The molecule has 2 rings (SSSR count). The molecule has 2 aromatic heterocycles. The van der Waals surface area contributed by atoms with Crippen LogP contribution in [0.2, 0.25) is 0 Å². The number of carboxylic acids is 1. The Morgan fingerprint density at radius 2 is 2.25 bits per heavy atom. The minimum atomic E-state index is -1.03. The van der Waals surface area contributed by atoms with Gasteiger partial charge in [-0.2, -0.15) is 14.8 Å². The first-order chi connectivity index (χ1) is 9.63. The molecule has 7 heteroatoms. The van der Waals surface area contributed by atoms with Crippen molar-refractivity contribution in [2.45, 2.75) is 32.2 Å². The number of carbonyl (C=O) groups is 2.